The molecule has 1 aliphatic rings. The normalized spacial score (nSPS) is 20.9. The van der Waals surface area contributed by atoms with Crippen molar-refractivity contribution in [1.29, 1.82) is 0 Å². The van der Waals surface area contributed by atoms with Crippen molar-refractivity contribution < 1.29 is 23.5 Å². The average Bonchev–Trinajstić information content (AvgIpc) is 3.06. The Labute approximate surface area is 165 Å². The SMILES string of the molecule is CC[C@H](C)[C@H](NC(=O)CCC1(Cc2ccc(F)cc2)CCC(=O)N1)C(=O)OC. The van der Waals surface area contributed by atoms with Crippen LogP contribution in [0.4, 0.5) is 4.39 Å². The summed E-state index contributed by atoms with van der Waals surface area (Å²) < 4.78 is 18.0. The van der Waals surface area contributed by atoms with Crippen molar-refractivity contribution in [2.45, 2.75) is 64.0 Å². The third-order valence-corrected chi connectivity index (χ3v) is 5.51. The molecular formula is C21H29FN2O4. The lowest BCUT2D eigenvalue weighted by Crippen LogP contribution is -2.48. The second-order valence-corrected chi connectivity index (χ2v) is 7.59. The van der Waals surface area contributed by atoms with Gasteiger partial charge in [-0.1, -0.05) is 32.4 Å². The van der Waals surface area contributed by atoms with Gasteiger partial charge < -0.3 is 15.4 Å². The quantitative estimate of drug-likeness (QED) is 0.633. The van der Waals surface area contributed by atoms with Crippen LogP contribution in [0.25, 0.3) is 0 Å². The van der Waals surface area contributed by atoms with Crippen LogP contribution in [-0.2, 0) is 25.5 Å². The molecule has 1 aromatic carbocycles. The highest BCUT2D eigenvalue weighted by Gasteiger charge is 2.38. The first-order valence-corrected chi connectivity index (χ1v) is 9.71. The molecule has 2 N–H and O–H groups in total. The van der Waals surface area contributed by atoms with Gasteiger partial charge in [-0.05, 0) is 42.9 Å². The van der Waals surface area contributed by atoms with E-state index in [1.165, 1.54) is 19.2 Å². The van der Waals surface area contributed by atoms with E-state index in [1.54, 1.807) is 12.1 Å². The van der Waals surface area contributed by atoms with Crippen LogP contribution in [0.1, 0.15) is 51.5 Å². The monoisotopic (exact) mass is 392 g/mol. The largest absolute Gasteiger partial charge is 0.467 e. The maximum Gasteiger partial charge on any atom is 0.328 e. The number of benzene rings is 1. The van der Waals surface area contributed by atoms with E-state index >= 15 is 0 Å². The lowest BCUT2D eigenvalue weighted by molar-refractivity contribution is -0.146. The Morgan fingerprint density at radius 3 is 2.54 bits per heavy atom. The molecule has 0 bridgehead atoms. The van der Waals surface area contributed by atoms with Crippen molar-refractivity contribution in [3.63, 3.8) is 0 Å². The van der Waals surface area contributed by atoms with Gasteiger partial charge in [0.25, 0.3) is 0 Å². The molecule has 0 aromatic heterocycles. The van der Waals surface area contributed by atoms with Gasteiger partial charge in [-0.2, -0.15) is 0 Å². The Morgan fingerprint density at radius 2 is 2.00 bits per heavy atom. The molecule has 28 heavy (non-hydrogen) atoms. The van der Waals surface area contributed by atoms with Crippen molar-refractivity contribution in [1.82, 2.24) is 10.6 Å². The summed E-state index contributed by atoms with van der Waals surface area (Å²) in [4.78, 5) is 36.3. The van der Waals surface area contributed by atoms with Crippen LogP contribution < -0.4 is 10.6 Å². The van der Waals surface area contributed by atoms with E-state index in [4.69, 9.17) is 4.74 Å². The van der Waals surface area contributed by atoms with Gasteiger partial charge in [-0.3, -0.25) is 9.59 Å². The fourth-order valence-corrected chi connectivity index (χ4v) is 3.57. The molecule has 0 aliphatic carbocycles. The number of esters is 1. The highest BCUT2D eigenvalue weighted by molar-refractivity contribution is 5.85. The van der Waals surface area contributed by atoms with E-state index in [9.17, 15) is 18.8 Å². The summed E-state index contributed by atoms with van der Waals surface area (Å²) in [5, 5.41) is 5.77. The molecular weight excluding hydrogens is 363 g/mol. The van der Waals surface area contributed by atoms with Crippen molar-refractivity contribution in [2.75, 3.05) is 7.11 Å². The minimum atomic E-state index is -0.686. The molecule has 0 radical (unpaired) electrons. The lowest BCUT2D eigenvalue weighted by atomic mass is 9.85. The molecule has 2 rings (SSSR count). The molecule has 1 fully saturated rings. The van der Waals surface area contributed by atoms with Gasteiger partial charge in [0.2, 0.25) is 11.8 Å². The van der Waals surface area contributed by atoms with E-state index in [0.29, 0.717) is 25.7 Å². The lowest BCUT2D eigenvalue weighted by Gasteiger charge is -2.30. The van der Waals surface area contributed by atoms with Crippen molar-refractivity contribution >= 4 is 17.8 Å². The molecule has 1 aromatic rings. The molecule has 1 aliphatic heterocycles. The molecule has 1 saturated heterocycles. The number of ether oxygens (including phenoxy) is 1. The molecule has 7 heteroatoms. The van der Waals surface area contributed by atoms with Crippen LogP contribution in [0, 0.1) is 11.7 Å². The zero-order chi connectivity index (χ0) is 20.7. The first-order chi connectivity index (χ1) is 13.3. The van der Waals surface area contributed by atoms with Crippen LogP contribution in [0.3, 0.4) is 0 Å². The number of carbonyl (C=O) groups is 3. The third kappa shape index (κ3) is 5.78. The molecule has 1 unspecified atom stereocenters. The van der Waals surface area contributed by atoms with Gasteiger partial charge in [-0.25, -0.2) is 9.18 Å². The first kappa shape index (κ1) is 21.9. The summed E-state index contributed by atoms with van der Waals surface area (Å²) in [5.41, 5.74) is 0.361. The smallest absolute Gasteiger partial charge is 0.328 e. The minimum absolute atomic E-state index is 0.0456. The Bertz CT molecular complexity index is 707. The standard InChI is InChI=1S/C21H29FN2O4/c1-4-14(2)19(20(27)28-3)23-17(25)9-11-21(12-10-18(26)24-21)13-15-5-7-16(22)8-6-15/h5-8,14,19H,4,9-13H2,1-3H3,(H,23,25)(H,24,26)/t14-,19-,21?/m0/s1. The number of methoxy groups -OCH3 is 1. The maximum atomic E-state index is 13.2. The zero-order valence-electron chi connectivity index (χ0n) is 16.7. The Balaban J connectivity index is 2.02. The van der Waals surface area contributed by atoms with Crippen LogP contribution in [-0.4, -0.2) is 36.5 Å². The molecule has 1 heterocycles. The van der Waals surface area contributed by atoms with Gasteiger partial charge in [-0.15, -0.1) is 0 Å². The Morgan fingerprint density at radius 1 is 1.32 bits per heavy atom. The fourth-order valence-electron chi connectivity index (χ4n) is 3.57. The summed E-state index contributed by atoms with van der Waals surface area (Å²) in [6, 6.07) is 5.48. The van der Waals surface area contributed by atoms with E-state index in [-0.39, 0.29) is 30.0 Å². The minimum Gasteiger partial charge on any atom is -0.467 e. The molecule has 2 amide bonds. The maximum absolute atomic E-state index is 13.2. The van der Waals surface area contributed by atoms with Gasteiger partial charge in [0.15, 0.2) is 0 Å². The Kier molecular flexibility index (Phi) is 7.54. The average molecular weight is 392 g/mol. The number of carbonyl (C=O) groups excluding carboxylic acids is 3. The van der Waals surface area contributed by atoms with E-state index in [2.05, 4.69) is 10.6 Å². The van der Waals surface area contributed by atoms with Gasteiger partial charge in [0.05, 0.1) is 7.11 Å². The van der Waals surface area contributed by atoms with Crippen LogP contribution in [0.5, 0.6) is 0 Å². The number of rotatable bonds is 9. The van der Waals surface area contributed by atoms with Crippen LogP contribution in [0.2, 0.25) is 0 Å². The number of amides is 2. The fraction of sp³-hybridized carbons (Fsp3) is 0.571. The van der Waals surface area contributed by atoms with Crippen LogP contribution >= 0.6 is 0 Å². The summed E-state index contributed by atoms with van der Waals surface area (Å²) >= 11 is 0. The highest BCUT2D eigenvalue weighted by atomic mass is 19.1. The van der Waals surface area contributed by atoms with Gasteiger partial charge in [0.1, 0.15) is 11.9 Å². The number of halogens is 1. The summed E-state index contributed by atoms with van der Waals surface area (Å²) in [6.45, 7) is 3.83. The first-order valence-electron chi connectivity index (χ1n) is 9.71. The second kappa shape index (κ2) is 9.66. The van der Waals surface area contributed by atoms with E-state index in [0.717, 1.165) is 12.0 Å². The molecule has 0 saturated carbocycles. The topological polar surface area (TPSA) is 84.5 Å². The third-order valence-electron chi connectivity index (χ3n) is 5.51. The van der Waals surface area contributed by atoms with Crippen molar-refractivity contribution in [3.8, 4) is 0 Å². The predicted octanol–water partition coefficient (Wildman–Crippen LogP) is 2.50. The summed E-state index contributed by atoms with van der Waals surface area (Å²) in [6.07, 6.45) is 2.88. The number of hydrogen-bond acceptors (Lipinski definition) is 4. The van der Waals surface area contributed by atoms with E-state index in [1.807, 2.05) is 13.8 Å². The summed E-state index contributed by atoms with van der Waals surface area (Å²) in [5.74, 6) is -1.12. The highest BCUT2D eigenvalue weighted by Crippen LogP contribution is 2.29. The molecule has 6 nitrogen and oxygen atoms in total. The molecule has 0 spiro atoms. The zero-order valence-corrected chi connectivity index (χ0v) is 16.7. The Hall–Kier alpha value is -2.44. The second-order valence-electron chi connectivity index (χ2n) is 7.59. The van der Waals surface area contributed by atoms with Crippen LogP contribution in [0.15, 0.2) is 24.3 Å². The van der Waals surface area contributed by atoms with Gasteiger partial charge in [0, 0.05) is 18.4 Å². The molecule has 3 atom stereocenters. The van der Waals surface area contributed by atoms with E-state index < -0.39 is 17.6 Å². The van der Waals surface area contributed by atoms with Crippen molar-refractivity contribution in [2.24, 2.45) is 5.92 Å². The molecule has 154 valence electrons. The van der Waals surface area contributed by atoms with Crippen molar-refractivity contribution in [3.05, 3.63) is 35.6 Å². The summed E-state index contributed by atoms with van der Waals surface area (Å²) in [7, 11) is 1.30. The number of hydrogen-bond donors (Lipinski definition) is 2. The number of nitrogens with one attached hydrogen (secondary N) is 2. The van der Waals surface area contributed by atoms with Gasteiger partial charge >= 0.3 is 5.97 Å². The predicted molar refractivity (Wildman–Crippen MR) is 103 cm³/mol.